The Morgan fingerprint density at radius 2 is 1.95 bits per heavy atom. The molecule has 0 spiro atoms. The standard InChI is InChI=1S/C15H15N3O3/c16-14(19)10-6-11(7-10)17-15(20)13-8-12(18-21-13)9-4-2-1-3-5-9/h1-5,8,10-11H,6-7H2,(H2,16,19)(H,17,20)/t10-,11-. The first-order chi connectivity index (χ1) is 10.1. The molecule has 6 nitrogen and oxygen atoms in total. The SMILES string of the molecule is NC(=O)[C@H]1C[C@H](NC(=O)c2cc(-c3ccccc3)no2)C1. The van der Waals surface area contributed by atoms with Crippen molar-refractivity contribution in [1.29, 1.82) is 0 Å². The molecule has 0 saturated heterocycles. The average Bonchev–Trinajstić information content (AvgIpc) is 2.92. The Morgan fingerprint density at radius 1 is 1.24 bits per heavy atom. The van der Waals surface area contributed by atoms with Crippen molar-refractivity contribution in [3.8, 4) is 11.3 Å². The van der Waals surface area contributed by atoms with E-state index in [1.54, 1.807) is 6.07 Å². The largest absolute Gasteiger partial charge is 0.369 e. The zero-order valence-electron chi connectivity index (χ0n) is 11.3. The minimum Gasteiger partial charge on any atom is -0.369 e. The molecule has 2 aromatic rings. The number of rotatable bonds is 4. The molecule has 2 amide bonds. The fourth-order valence-corrected chi connectivity index (χ4v) is 2.35. The van der Waals surface area contributed by atoms with Gasteiger partial charge in [-0.1, -0.05) is 35.5 Å². The van der Waals surface area contributed by atoms with Gasteiger partial charge < -0.3 is 15.6 Å². The first-order valence-electron chi connectivity index (χ1n) is 6.76. The summed E-state index contributed by atoms with van der Waals surface area (Å²) >= 11 is 0. The van der Waals surface area contributed by atoms with Crippen LogP contribution in [0, 0.1) is 5.92 Å². The molecule has 1 aliphatic carbocycles. The Hall–Kier alpha value is -2.63. The van der Waals surface area contributed by atoms with Crippen LogP contribution in [0.4, 0.5) is 0 Å². The number of carbonyl (C=O) groups excluding carboxylic acids is 2. The Labute approximate surface area is 121 Å². The van der Waals surface area contributed by atoms with Crippen molar-refractivity contribution in [2.24, 2.45) is 11.7 Å². The number of primary amides is 1. The third kappa shape index (κ3) is 2.79. The maximum absolute atomic E-state index is 12.0. The van der Waals surface area contributed by atoms with Crippen molar-refractivity contribution < 1.29 is 14.1 Å². The van der Waals surface area contributed by atoms with Crippen LogP contribution in [0.15, 0.2) is 40.9 Å². The first-order valence-corrected chi connectivity index (χ1v) is 6.76. The third-order valence-electron chi connectivity index (χ3n) is 3.68. The zero-order chi connectivity index (χ0) is 14.8. The van der Waals surface area contributed by atoms with E-state index in [4.69, 9.17) is 10.3 Å². The van der Waals surface area contributed by atoms with Crippen molar-refractivity contribution in [2.45, 2.75) is 18.9 Å². The molecule has 0 unspecified atom stereocenters. The fourth-order valence-electron chi connectivity index (χ4n) is 2.35. The highest BCUT2D eigenvalue weighted by atomic mass is 16.5. The van der Waals surface area contributed by atoms with Gasteiger partial charge in [0.2, 0.25) is 11.7 Å². The molecule has 1 aromatic heterocycles. The number of hydrogen-bond donors (Lipinski definition) is 2. The number of carbonyl (C=O) groups is 2. The summed E-state index contributed by atoms with van der Waals surface area (Å²) in [5.41, 5.74) is 6.69. The Balaban J connectivity index is 1.62. The van der Waals surface area contributed by atoms with Gasteiger partial charge in [0.15, 0.2) is 0 Å². The zero-order valence-corrected chi connectivity index (χ0v) is 11.3. The van der Waals surface area contributed by atoms with Gasteiger partial charge in [-0.2, -0.15) is 0 Å². The summed E-state index contributed by atoms with van der Waals surface area (Å²) in [6.07, 6.45) is 1.17. The van der Waals surface area contributed by atoms with Gasteiger partial charge >= 0.3 is 0 Å². The van der Waals surface area contributed by atoms with Gasteiger partial charge in [0, 0.05) is 23.6 Å². The van der Waals surface area contributed by atoms with Crippen LogP contribution >= 0.6 is 0 Å². The van der Waals surface area contributed by atoms with E-state index in [9.17, 15) is 9.59 Å². The molecule has 108 valence electrons. The highest BCUT2D eigenvalue weighted by molar-refractivity contribution is 5.92. The maximum Gasteiger partial charge on any atom is 0.290 e. The molecule has 1 aliphatic rings. The highest BCUT2D eigenvalue weighted by Crippen LogP contribution is 2.27. The van der Waals surface area contributed by atoms with E-state index in [2.05, 4.69) is 10.5 Å². The lowest BCUT2D eigenvalue weighted by Crippen LogP contribution is -2.48. The molecule has 1 fully saturated rings. The lowest BCUT2D eigenvalue weighted by molar-refractivity contribution is -0.124. The molecular formula is C15H15N3O3. The molecule has 21 heavy (non-hydrogen) atoms. The van der Waals surface area contributed by atoms with Gasteiger partial charge in [-0.15, -0.1) is 0 Å². The molecule has 6 heteroatoms. The molecule has 1 aromatic carbocycles. The van der Waals surface area contributed by atoms with Gasteiger partial charge in [-0.05, 0) is 12.8 Å². The number of nitrogens with two attached hydrogens (primary N) is 1. The lowest BCUT2D eigenvalue weighted by atomic mass is 9.80. The quantitative estimate of drug-likeness (QED) is 0.885. The van der Waals surface area contributed by atoms with Gasteiger partial charge in [-0.25, -0.2) is 0 Å². The normalized spacial score (nSPS) is 20.6. The summed E-state index contributed by atoms with van der Waals surface area (Å²) in [6.45, 7) is 0. The molecule has 0 atom stereocenters. The Bertz CT molecular complexity index is 660. The second-order valence-electron chi connectivity index (χ2n) is 5.18. The second kappa shape index (κ2) is 5.40. The number of benzene rings is 1. The second-order valence-corrected chi connectivity index (χ2v) is 5.18. The molecule has 1 heterocycles. The van der Waals surface area contributed by atoms with E-state index < -0.39 is 0 Å². The smallest absolute Gasteiger partial charge is 0.290 e. The molecule has 0 radical (unpaired) electrons. The minimum atomic E-state index is -0.322. The van der Waals surface area contributed by atoms with Crippen LogP contribution in [0.1, 0.15) is 23.4 Å². The molecule has 0 aliphatic heterocycles. The monoisotopic (exact) mass is 285 g/mol. The number of hydrogen-bond acceptors (Lipinski definition) is 4. The molecular weight excluding hydrogens is 270 g/mol. The van der Waals surface area contributed by atoms with Gasteiger partial charge in [0.05, 0.1) is 0 Å². The van der Waals surface area contributed by atoms with Gasteiger partial charge in [-0.3, -0.25) is 9.59 Å². The van der Waals surface area contributed by atoms with Crippen molar-refractivity contribution in [2.75, 3.05) is 0 Å². The molecule has 3 N–H and O–H groups in total. The van der Waals surface area contributed by atoms with Crippen LogP contribution in [0.25, 0.3) is 11.3 Å². The summed E-state index contributed by atoms with van der Waals surface area (Å²) in [6, 6.07) is 11.0. The van der Waals surface area contributed by atoms with Crippen LogP contribution < -0.4 is 11.1 Å². The molecule has 1 saturated carbocycles. The van der Waals surface area contributed by atoms with Crippen LogP contribution in [0.3, 0.4) is 0 Å². The number of nitrogens with zero attached hydrogens (tertiary/aromatic N) is 1. The Morgan fingerprint density at radius 3 is 2.62 bits per heavy atom. The van der Waals surface area contributed by atoms with Crippen LogP contribution in [0.2, 0.25) is 0 Å². The van der Waals surface area contributed by atoms with Crippen molar-refractivity contribution in [1.82, 2.24) is 10.5 Å². The number of aromatic nitrogens is 1. The third-order valence-corrected chi connectivity index (χ3v) is 3.68. The van der Waals surface area contributed by atoms with Gasteiger partial charge in [0.1, 0.15) is 5.69 Å². The molecule has 3 rings (SSSR count). The summed E-state index contributed by atoms with van der Waals surface area (Å²) in [4.78, 5) is 22.9. The van der Waals surface area contributed by atoms with Crippen molar-refractivity contribution in [3.05, 3.63) is 42.2 Å². The number of amides is 2. The van der Waals surface area contributed by atoms with E-state index in [1.807, 2.05) is 30.3 Å². The minimum absolute atomic E-state index is 0.0275. The number of nitrogens with one attached hydrogen (secondary N) is 1. The summed E-state index contributed by atoms with van der Waals surface area (Å²) in [5.74, 6) is -0.606. The van der Waals surface area contributed by atoms with Crippen LogP contribution in [0.5, 0.6) is 0 Å². The van der Waals surface area contributed by atoms with Gasteiger partial charge in [0.25, 0.3) is 5.91 Å². The van der Waals surface area contributed by atoms with E-state index >= 15 is 0 Å². The molecule has 0 bridgehead atoms. The first kappa shape index (κ1) is 13.4. The highest BCUT2D eigenvalue weighted by Gasteiger charge is 2.34. The van der Waals surface area contributed by atoms with Crippen molar-refractivity contribution in [3.63, 3.8) is 0 Å². The van der Waals surface area contributed by atoms with E-state index in [0.717, 1.165) is 5.56 Å². The topological polar surface area (TPSA) is 98.2 Å². The summed E-state index contributed by atoms with van der Waals surface area (Å²) in [7, 11) is 0. The van der Waals surface area contributed by atoms with Crippen LogP contribution in [-0.4, -0.2) is 23.0 Å². The summed E-state index contributed by atoms with van der Waals surface area (Å²) < 4.78 is 5.07. The predicted octanol–water partition coefficient (Wildman–Crippen LogP) is 1.34. The lowest BCUT2D eigenvalue weighted by Gasteiger charge is -2.33. The van der Waals surface area contributed by atoms with E-state index in [0.29, 0.717) is 18.5 Å². The Kier molecular flexibility index (Phi) is 3.43. The fraction of sp³-hybridized carbons (Fsp3) is 0.267. The maximum atomic E-state index is 12.0. The van der Waals surface area contributed by atoms with E-state index in [-0.39, 0.29) is 29.5 Å². The van der Waals surface area contributed by atoms with Crippen molar-refractivity contribution >= 4 is 11.8 Å². The predicted molar refractivity (Wildman–Crippen MR) is 75.1 cm³/mol. The van der Waals surface area contributed by atoms with E-state index in [1.165, 1.54) is 0 Å². The van der Waals surface area contributed by atoms with Crippen LogP contribution in [-0.2, 0) is 4.79 Å². The summed E-state index contributed by atoms with van der Waals surface area (Å²) in [5, 5.41) is 6.69. The average molecular weight is 285 g/mol.